The Hall–Kier alpha value is -2.99. The number of hydrogen-bond acceptors (Lipinski definition) is 5. The third kappa shape index (κ3) is 4.15. The minimum Gasteiger partial charge on any atom is -0.469 e. The van der Waals surface area contributed by atoms with Gasteiger partial charge in [0.2, 0.25) is 0 Å². The van der Waals surface area contributed by atoms with Crippen LogP contribution in [0.25, 0.3) is 11.1 Å². The molecule has 132 valence electrons. The van der Waals surface area contributed by atoms with Gasteiger partial charge in [0, 0.05) is 10.4 Å². The summed E-state index contributed by atoms with van der Waals surface area (Å²) in [5, 5.41) is 3.26. The highest BCUT2D eigenvalue weighted by atomic mass is 32.1. The number of carbonyl (C=O) groups excluding carboxylic acids is 2. The maximum atomic E-state index is 12.4. The van der Waals surface area contributed by atoms with Crippen LogP contribution in [-0.2, 0) is 16.0 Å². The number of esters is 1. The lowest BCUT2D eigenvalue weighted by Gasteiger charge is -2.04. The Balaban J connectivity index is 1.70. The first kappa shape index (κ1) is 17.8. The van der Waals surface area contributed by atoms with Gasteiger partial charge in [-0.15, -0.1) is 11.3 Å². The molecule has 0 aliphatic heterocycles. The number of anilines is 1. The van der Waals surface area contributed by atoms with Crippen molar-refractivity contribution in [2.45, 2.75) is 13.3 Å². The summed E-state index contributed by atoms with van der Waals surface area (Å²) in [5.74, 6) is -0.561. The van der Waals surface area contributed by atoms with Crippen molar-refractivity contribution in [2.24, 2.45) is 0 Å². The third-order valence-corrected chi connectivity index (χ3v) is 4.97. The molecule has 1 N–H and O–H groups in total. The average molecular weight is 366 g/mol. The van der Waals surface area contributed by atoms with E-state index in [9.17, 15) is 9.59 Å². The van der Waals surface area contributed by atoms with Crippen molar-refractivity contribution in [1.29, 1.82) is 0 Å². The molecule has 0 aliphatic carbocycles. The van der Waals surface area contributed by atoms with Crippen molar-refractivity contribution in [3.63, 3.8) is 0 Å². The number of aromatic nitrogens is 1. The summed E-state index contributed by atoms with van der Waals surface area (Å²) in [4.78, 5) is 28.9. The van der Waals surface area contributed by atoms with Crippen LogP contribution in [0.5, 0.6) is 0 Å². The van der Waals surface area contributed by atoms with E-state index in [0.717, 1.165) is 21.7 Å². The van der Waals surface area contributed by atoms with Crippen LogP contribution in [0.3, 0.4) is 0 Å². The molecule has 5 nitrogen and oxygen atoms in total. The summed E-state index contributed by atoms with van der Waals surface area (Å²) in [6.07, 6.45) is 0.154. The van der Waals surface area contributed by atoms with Gasteiger partial charge < -0.3 is 4.74 Å². The number of aryl methyl sites for hydroxylation is 1. The molecule has 0 aliphatic rings. The second-order valence-electron chi connectivity index (χ2n) is 5.68. The third-order valence-electron chi connectivity index (χ3n) is 3.90. The Morgan fingerprint density at radius 3 is 2.35 bits per heavy atom. The zero-order valence-corrected chi connectivity index (χ0v) is 15.3. The van der Waals surface area contributed by atoms with Crippen LogP contribution in [0.15, 0.2) is 54.6 Å². The number of hydrogen-bond donors (Lipinski definition) is 1. The standard InChI is InChI=1S/C20H18N2O3S/c1-13-17(12-18(23)25-2)26-20(21-13)22-19(24)16-10-8-15(9-11-16)14-6-4-3-5-7-14/h3-11H,12H2,1-2H3,(H,21,22,24). The van der Waals surface area contributed by atoms with Crippen molar-refractivity contribution in [2.75, 3.05) is 12.4 Å². The molecule has 3 rings (SSSR count). The van der Waals surface area contributed by atoms with E-state index in [1.54, 1.807) is 19.1 Å². The number of nitrogens with zero attached hydrogens (tertiary/aromatic N) is 1. The van der Waals surface area contributed by atoms with E-state index >= 15 is 0 Å². The molecular weight excluding hydrogens is 348 g/mol. The van der Waals surface area contributed by atoms with E-state index in [0.29, 0.717) is 10.7 Å². The Kier molecular flexibility index (Phi) is 5.43. The Morgan fingerprint density at radius 2 is 1.69 bits per heavy atom. The van der Waals surface area contributed by atoms with Gasteiger partial charge in [0.1, 0.15) is 0 Å². The summed E-state index contributed by atoms with van der Waals surface area (Å²) in [6.45, 7) is 1.80. The molecule has 0 saturated heterocycles. The molecule has 0 bridgehead atoms. The number of benzene rings is 2. The Morgan fingerprint density at radius 1 is 1.04 bits per heavy atom. The average Bonchev–Trinajstić information content (AvgIpc) is 3.01. The minimum absolute atomic E-state index is 0.154. The van der Waals surface area contributed by atoms with Crippen molar-refractivity contribution < 1.29 is 14.3 Å². The minimum atomic E-state index is -0.328. The summed E-state index contributed by atoms with van der Waals surface area (Å²) in [7, 11) is 1.35. The van der Waals surface area contributed by atoms with Crippen LogP contribution < -0.4 is 5.32 Å². The number of thiazole rings is 1. The molecule has 0 saturated carbocycles. The number of nitrogens with one attached hydrogen (secondary N) is 1. The molecule has 0 unspecified atom stereocenters. The number of rotatable bonds is 5. The van der Waals surface area contributed by atoms with Crippen LogP contribution in [0.2, 0.25) is 0 Å². The largest absolute Gasteiger partial charge is 0.469 e. The van der Waals surface area contributed by atoms with Gasteiger partial charge in [-0.3, -0.25) is 14.9 Å². The van der Waals surface area contributed by atoms with Crippen LogP contribution >= 0.6 is 11.3 Å². The van der Waals surface area contributed by atoms with E-state index < -0.39 is 0 Å². The van der Waals surface area contributed by atoms with Crippen LogP contribution in [-0.4, -0.2) is 24.0 Å². The molecular formula is C20H18N2O3S. The Labute approximate surface area is 155 Å². The smallest absolute Gasteiger partial charge is 0.310 e. The summed E-state index contributed by atoms with van der Waals surface area (Å²) >= 11 is 1.28. The highest BCUT2D eigenvalue weighted by Crippen LogP contribution is 2.24. The first-order valence-electron chi connectivity index (χ1n) is 8.07. The van der Waals surface area contributed by atoms with E-state index in [1.165, 1.54) is 18.4 Å². The summed E-state index contributed by atoms with van der Waals surface area (Å²) in [6, 6.07) is 17.4. The Bertz CT molecular complexity index is 918. The molecule has 6 heteroatoms. The number of ether oxygens (including phenoxy) is 1. The second-order valence-corrected chi connectivity index (χ2v) is 6.76. The lowest BCUT2D eigenvalue weighted by molar-refractivity contribution is -0.139. The van der Waals surface area contributed by atoms with Crippen molar-refractivity contribution in [1.82, 2.24) is 4.98 Å². The fourth-order valence-electron chi connectivity index (χ4n) is 2.46. The maximum Gasteiger partial charge on any atom is 0.310 e. The van der Waals surface area contributed by atoms with Gasteiger partial charge in [0.05, 0.1) is 19.2 Å². The van der Waals surface area contributed by atoms with Gasteiger partial charge in [0.25, 0.3) is 5.91 Å². The quantitative estimate of drug-likeness (QED) is 0.691. The molecule has 1 heterocycles. The first-order chi connectivity index (χ1) is 12.6. The zero-order chi connectivity index (χ0) is 18.5. The number of methoxy groups -OCH3 is 1. The fourth-order valence-corrected chi connectivity index (χ4v) is 3.41. The van der Waals surface area contributed by atoms with Gasteiger partial charge in [-0.1, -0.05) is 42.5 Å². The van der Waals surface area contributed by atoms with E-state index in [4.69, 9.17) is 0 Å². The van der Waals surface area contributed by atoms with E-state index in [2.05, 4.69) is 15.0 Å². The first-order valence-corrected chi connectivity index (χ1v) is 8.88. The molecule has 26 heavy (non-hydrogen) atoms. The topological polar surface area (TPSA) is 68.3 Å². The van der Waals surface area contributed by atoms with Crippen molar-refractivity contribution >= 4 is 28.3 Å². The van der Waals surface area contributed by atoms with Gasteiger partial charge in [-0.05, 0) is 30.2 Å². The van der Waals surface area contributed by atoms with Gasteiger partial charge in [-0.2, -0.15) is 0 Å². The van der Waals surface area contributed by atoms with Crippen LogP contribution in [0.4, 0.5) is 5.13 Å². The monoisotopic (exact) mass is 366 g/mol. The predicted octanol–water partition coefficient (Wildman–Crippen LogP) is 4.09. The van der Waals surface area contributed by atoms with Gasteiger partial charge in [0.15, 0.2) is 5.13 Å². The van der Waals surface area contributed by atoms with Gasteiger partial charge in [-0.25, -0.2) is 4.98 Å². The second kappa shape index (κ2) is 7.93. The van der Waals surface area contributed by atoms with E-state index in [-0.39, 0.29) is 18.3 Å². The van der Waals surface area contributed by atoms with Crippen LogP contribution in [0.1, 0.15) is 20.9 Å². The molecule has 0 radical (unpaired) electrons. The van der Waals surface area contributed by atoms with Gasteiger partial charge >= 0.3 is 5.97 Å². The molecule has 0 spiro atoms. The van der Waals surface area contributed by atoms with Crippen molar-refractivity contribution in [3.8, 4) is 11.1 Å². The zero-order valence-electron chi connectivity index (χ0n) is 14.5. The molecule has 1 aromatic heterocycles. The SMILES string of the molecule is COC(=O)Cc1sc(NC(=O)c2ccc(-c3ccccc3)cc2)nc1C. The predicted molar refractivity (Wildman–Crippen MR) is 102 cm³/mol. The molecule has 0 fully saturated rings. The lowest BCUT2D eigenvalue weighted by Crippen LogP contribution is -2.11. The molecule has 3 aromatic rings. The highest BCUT2D eigenvalue weighted by Gasteiger charge is 2.14. The normalized spacial score (nSPS) is 10.4. The summed E-state index contributed by atoms with van der Waals surface area (Å²) in [5.41, 5.74) is 3.41. The summed E-state index contributed by atoms with van der Waals surface area (Å²) < 4.78 is 4.67. The molecule has 1 amide bonds. The fraction of sp³-hybridized carbons (Fsp3) is 0.150. The molecule has 0 atom stereocenters. The van der Waals surface area contributed by atoms with Crippen molar-refractivity contribution in [3.05, 3.63) is 70.7 Å². The highest BCUT2D eigenvalue weighted by molar-refractivity contribution is 7.16. The van der Waals surface area contributed by atoms with E-state index in [1.807, 2.05) is 42.5 Å². The maximum absolute atomic E-state index is 12.4. The molecule has 2 aromatic carbocycles. The van der Waals surface area contributed by atoms with Crippen LogP contribution in [0, 0.1) is 6.92 Å². The number of carbonyl (C=O) groups is 2. The lowest BCUT2D eigenvalue weighted by atomic mass is 10.0. The number of amides is 1.